The van der Waals surface area contributed by atoms with Gasteiger partial charge in [0.25, 0.3) is 0 Å². The second-order valence-corrected chi connectivity index (χ2v) is 3.68. The molecule has 1 heterocycles. The molecule has 84 valence electrons. The highest BCUT2D eigenvalue weighted by Gasteiger charge is 2.07. The van der Waals surface area contributed by atoms with Crippen molar-refractivity contribution in [3.05, 3.63) is 40.9 Å². The molecule has 2 rings (SSSR count). The maximum Gasteiger partial charge on any atom is 0.141 e. The molecular weight excluding hydrogens is 231 g/mol. The Bertz CT molecular complexity index is 497. The van der Waals surface area contributed by atoms with E-state index in [2.05, 4.69) is 10.3 Å². The highest BCUT2D eigenvalue weighted by molar-refractivity contribution is 6.30. The lowest BCUT2D eigenvalue weighted by Crippen LogP contribution is -2.08. The van der Waals surface area contributed by atoms with Gasteiger partial charge in [-0.15, -0.1) is 5.10 Å². The van der Waals surface area contributed by atoms with Crippen molar-refractivity contribution in [3.8, 4) is 5.69 Å². The average molecular weight is 241 g/mol. The zero-order chi connectivity index (χ0) is 11.5. The summed E-state index contributed by atoms with van der Waals surface area (Å²) in [5, 5.41) is 7.76. The Morgan fingerprint density at radius 3 is 2.94 bits per heavy atom. The summed E-state index contributed by atoms with van der Waals surface area (Å²) in [6.45, 7) is 0.502. The third-order valence-electron chi connectivity index (χ3n) is 2.17. The van der Waals surface area contributed by atoms with Gasteiger partial charge in [0, 0.05) is 6.42 Å². The molecule has 2 aromatic rings. The Morgan fingerprint density at radius 1 is 1.44 bits per heavy atom. The van der Waals surface area contributed by atoms with Crippen molar-refractivity contribution in [2.45, 2.75) is 6.42 Å². The standard InChI is InChI=1S/C10H10ClFN4/c11-9-5-7(1-2-10(9)12)16-8(3-4-13)6-14-15-16/h1-2,5-6H,3-4,13H2. The first-order valence-corrected chi connectivity index (χ1v) is 5.15. The molecule has 0 spiro atoms. The fourth-order valence-corrected chi connectivity index (χ4v) is 1.58. The maximum atomic E-state index is 13.0. The van der Waals surface area contributed by atoms with E-state index in [0.29, 0.717) is 18.7 Å². The predicted octanol–water partition coefficient (Wildman–Crippen LogP) is 1.56. The molecule has 0 aliphatic carbocycles. The van der Waals surface area contributed by atoms with Crippen LogP contribution >= 0.6 is 11.6 Å². The van der Waals surface area contributed by atoms with Crippen LogP contribution in [-0.2, 0) is 6.42 Å². The van der Waals surface area contributed by atoms with Gasteiger partial charge in [0.1, 0.15) is 5.82 Å². The molecule has 0 aliphatic rings. The van der Waals surface area contributed by atoms with Gasteiger partial charge in [-0.1, -0.05) is 16.8 Å². The summed E-state index contributed by atoms with van der Waals surface area (Å²) in [4.78, 5) is 0. The molecule has 0 bridgehead atoms. The number of halogens is 2. The Balaban J connectivity index is 2.42. The van der Waals surface area contributed by atoms with Gasteiger partial charge in [0.2, 0.25) is 0 Å². The molecule has 0 amide bonds. The van der Waals surface area contributed by atoms with E-state index in [1.807, 2.05) is 0 Å². The van der Waals surface area contributed by atoms with Crippen LogP contribution in [0.1, 0.15) is 5.69 Å². The second-order valence-electron chi connectivity index (χ2n) is 3.27. The van der Waals surface area contributed by atoms with Crippen molar-refractivity contribution in [2.24, 2.45) is 5.73 Å². The molecule has 0 unspecified atom stereocenters. The van der Waals surface area contributed by atoms with Crippen LogP contribution in [-0.4, -0.2) is 21.5 Å². The Morgan fingerprint density at radius 2 is 2.25 bits per heavy atom. The molecule has 0 atom stereocenters. The number of aromatic nitrogens is 3. The number of benzene rings is 1. The molecule has 4 nitrogen and oxygen atoms in total. The third-order valence-corrected chi connectivity index (χ3v) is 2.46. The summed E-state index contributed by atoms with van der Waals surface area (Å²) in [6, 6.07) is 4.40. The summed E-state index contributed by atoms with van der Waals surface area (Å²) in [5.74, 6) is -0.453. The molecule has 6 heteroatoms. The lowest BCUT2D eigenvalue weighted by Gasteiger charge is -2.05. The van der Waals surface area contributed by atoms with Crippen LogP contribution in [0.4, 0.5) is 4.39 Å². The first-order valence-electron chi connectivity index (χ1n) is 4.77. The molecule has 1 aromatic carbocycles. The molecular formula is C10H10ClFN4. The SMILES string of the molecule is NCCc1cnnn1-c1ccc(F)c(Cl)c1. The first kappa shape index (κ1) is 11.0. The normalized spacial score (nSPS) is 10.7. The first-order chi connectivity index (χ1) is 7.72. The highest BCUT2D eigenvalue weighted by atomic mass is 35.5. The summed E-state index contributed by atoms with van der Waals surface area (Å²) >= 11 is 5.70. The number of nitrogens with zero attached hydrogens (tertiary/aromatic N) is 3. The lowest BCUT2D eigenvalue weighted by atomic mass is 10.3. The number of nitrogens with two attached hydrogens (primary N) is 1. The monoisotopic (exact) mass is 240 g/mol. The van der Waals surface area contributed by atoms with E-state index in [0.717, 1.165) is 5.69 Å². The molecule has 16 heavy (non-hydrogen) atoms. The zero-order valence-electron chi connectivity index (χ0n) is 8.40. The van der Waals surface area contributed by atoms with Gasteiger partial charge < -0.3 is 5.73 Å². The van der Waals surface area contributed by atoms with Crippen molar-refractivity contribution in [3.63, 3.8) is 0 Å². The van der Waals surface area contributed by atoms with Crippen LogP contribution in [0.2, 0.25) is 5.02 Å². The van der Waals surface area contributed by atoms with Crippen molar-refractivity contribution < 1.29 is 4.39 Å². The summed E-state index contributed by atoms with van der Waals surface area (Å²) in [6.07, 6.45) is 2.28. The lowest BCUT2D eigenvalue weighted by molar-refractivity contribution is 0.626. The van der Waals surface area contributed by atoms with E-state index in [4.69, 9.17) is 17.3 Å². The average Bonchev–Trinajstić information content (AvgIpc) is 2.71. The smallest absolute Gasteiger partial charge is 0.141 e. The molecule has 0 radical (unpaired) electrons. The van der Waals surface area contributed by atoms with E-state index < -0.39 is 5.82 Å². The molecule has 0 saturated carbocycles. The van der Waals surface area contributed by atoms with Gasteiger partial charge >= 0.3 is 0 Å². The van der Waals surface area contributed by atoms with Crippen LogP contribution < -0.4 is 5.73 Å². The fraction of sp³-hybridized carbons (Fsp3) is 0.200. The minimum absolute atomic E-state index is 0.0618. The quantitative estimate of drug-likeness (QED) is 0.886. The van der Waals surface area contributed by atoms with Crippen molar-refractivity contribution in [2.75, 3.05) is 6.54 Å². The van der Waals surface area contributed by atoms with Gasteiger partial charge in [-0.3, -0.25) is 0 Å². The predicted molar refractivity (Wildman–Crippen MR) is 59.1 cm³/mol. The van der Waals surface area contributed by atoms with E-state index in [-0.39, 0.29) is 5.02 Å². The maximum absolute atomic E-state index is 13.0. The van der Waals surface area contributed by atoms with Gasteiger partial charge in [0.15, 0.2) is 0 Å². The summed E-state index contributed by atoms with van der Waals surface area (Å²) in [5.41, 5.74) is 7.01. The molecule has 2 N–H and O–H groups in total. The Hall–Kier alpha value is -1.46. The Kier molecular flexibility index (Phi) is 3.17. The minimum Gasteiger partial charge on any atom is -0.330 e. The number of hydrogen-bond donors (Lipinski definition) is 1. The van der Waals surface area contributed by atoms with E-state index in [1.165, 1.54) is 12.1 Å². The number of rotatable bonds is 3. The van der Waals surface area contributed by atoms with Crippen LogP contribution in [0, 0.1) is 5.82 Å². The number of hydrogen-bond acceptors (Lipinski definition) is 3. The Labute approximate surface area is 96.8 Å². The molecule has 0 saturated heterocycles. The van der Waals surface area contributed by atoms with Crippen molar-refractivity contribution in [1.82, 2.24) is 15.0 Å². The zero-order valence-corrected chi connectivity index (χ0v) is 9.15. The van der Waals surface area contributed by atoms with Gasteiger partial charge in [0.05, 0.1) is 22.6 Å². The topological polar surface area (TPSA) is 56.7 Å². The molecule has 0 fully saturated rings. The summed E-state index contributed by atoms with van der Waals surface area (Å²) in [7, 11) is 0. The third kappa shape index (κ3) is 2.05. The summed E-state index contributed by atoms with van der Waals surface area (Å²) < 4.78 is 14.6. The van der Waals surface area contributed by atoms with E-state index in [9.17, 15) is 4.39 Å². The van der Waals surface area contributed by atoms with Gasteiger partial charge in [-0.25, -0.2) is 9.07 Å². The molecule has 1 aromatic heterocycles. The minimum atomic E-state index is -0.453. The highest BCUT2D eigenvalue weighted by Crippen LogP contribution is 2.19. The van der Waals surface area contributed by atoms with Crippen LogP contribution in [0.25, 0.3) is 5.69 Å². The van der Waals surface area contributed by atoms with Gasteiger partial charge in [-0.2, -0.15) is 0 Å². The van der Waals surface area contributed by atoms with E-state index in [1.54, 1.807) is 16.9 Å². The van der Waals surface area contributed by atoms with Crippen LogP contribution in [0.5, 0.6) is 0 Å². The van der Waals surface area contributed by atoms with Crippen LogP contribution in [0.3, 0.4) is 0 Å². The largest absolute Gasteiger partial charge is 0.330 e. The van der Waals surface area contributed by atoms with Crippen molar-refractivity contribution in [1.29, 1.82) is 0 Å². The van der Waals surface area contributed by atoms with Gasteiger partial charge in [-0.05, 0) is 24.7 Å². The van der Waals surface area contributed by atoms with E-state index >= 15 is 0 Å². The molecule has 0 aliphatic heterocycles. The second kappa shape index (κ2) is 4.59. The van der Waals surface area contributed by atoms with Crippen LogP contribution in [0.15, 0.2) is 24.4 Å². The van der Waals surface area contributed by atoms with Crippen molar-refractivity contribution >= 4 is 11.6 Å². The fourth-order valence-electron chi connectivity index (χ4n) is 1.41.